The third kappa shape index (κ3) is 7.07. The number of nitrogens with one attached hydrogen (secondary N) is 2. The first-order chi connectivity index (χ1) is 19.9. The van der Waals surface area contributed by atoms with Crippen molar-refractivity contribution in [3.63, 3.8) is 0 Å². The Morgan fingerprint density at radius 3 is 2.00 bits per heavy atom. The van der Waals surface area contributed by atoms with Gasteiger partial charge in [0.2, 0.25) is 5.75 Å². The summed E-state index contributed by atoms with van der Waals surface area (Å²) in [6.07, 6.45) is 1.36. The van der Waals surface area contributed by atoms with Crippen LogP contribution >= 0.6 is 0 Å². The molecule has 0 unspecified atom stereocenters. The van der Waals surface area contributed by atoms with Crippen molar-refractivity contribution in [2.45, 2.75) is 0 Å². The van der Waals surface area contributed by atoms with E-state index in [9.17, 15) is 14.4 Å². The van der Waals surface area contributed by atoms with E-state index in [0.29, 0.717) is 34.1 Å². The van der Waals surface area contributed by atoms with Crippen molar-refractivity contribution in [2.75, 3.05) is 26.6 Å². The largest absolute Gasteiger partial charge is 0.493 e. The Hall–Kier alpha value is -5.64. The Labute approximate surface area is 236 Å². The fourth-order valence-corrected chi connectivity index (χ4v) is 3.79. The average molecular weight is 554 g/mol. The molecule has 0 atom stereocenters. The molecular formula is C31H27N3O7. The molecule has 4 rings (SSSR count). The van der Waals surface area contributed by atoms with E-state index in [2.05, 4.69) is 15.8 Å². The molecule has 0 aromatic heterocycles. The van der Waals surface area contributed by atoms with Crippen LogP contribution in [0.15, 0.2) is 96.1 Å². The molecule has 208 valence electrons. The third-order valence-corrected chi connectivity index (χ3v) is 5.81. The van der Waals surface area contributed by atoms with Crippen molar-refractivity contribution in [3.05, 3.63) is 113 Å². The highest BCUT2D eigenvalue weighted by atomic mass is 16.5. The topological polar surface area (TPSA) is 125 Å². The quantitative estimate of drug-likeness (QED) is 0.123. The molecule has 41 heavy (non-hydrogen) atoms. The highest BCUT2D eigenvalue weighted by Gasteiger charge is 2.19. The van der Waals surface area contributed by atoms with E-state index in [1.165, 1.54) is 39.7 Å². The van der Waals surface area contributed by atoms with Gasteiger partial charge in [-0.15, -0.1) is 0 Å². The molecule has 4 aromatic carbocycles. The Balaban J connectivity index is 1.43. The highest BCUT2D eigenvalue weighted by Crippen LogP contribution is 2.38. The molecular weight excluding hydrogens is 526 g/mol. The number of ether oxygens (including phenoxy) is 4. The summed E-state index contributed by atoms with van der Waals surface area (Å²) in [5, 5.41) is 6.78. The number of esters is 1. The molecule has 0 fully saturated rings. The van der Waals surface area contributed by atoms with E-state index in [1.807, 2.05) is 6.07 Å². The minimum atomic E-state index is -0.663. The summed E-state index contributed by atoms with van der Waals surface area (Å²) < 4.78 is 21.5. The van der Waals surface area contributed by atoms with Gasteiger partial charge in [0.25, 0.3) is 11.8 Å². The summed E-state index contributed by atoms with van der Waals surface area (Å²) in [7, 11) is 4.36. The van der Waals surface area contributed by atoms with Crippen molar-refractivity contribution < 1.29 is 33.3 Å². The number of carbonyl (C=O) groups is 3. The third-order valence-electron chi connectivity index (χ3n) is 5.81. The van der Waals surface area contributed by atoms with Crippen LogP contribution in [-0.2, 0) is 0 Å². The molecule has 0 spiro atoms. The Bertz CT molecular complexity index is 1560. The maximum Gasteiger partial charge on any atom is 0.343 e. The van der Waals surface area contributed by atoms with Crippen LogP contribution in [0.4, 0.5) is 5.69 Å². The van der Waals surface area contributed by atoms with E-state index in [0.717, 1.165) is 0 Å². The van der Waals surface area contributed by atoms with Crippen LogP contribution in [0.3, 0.4) is 0 Å². The monoisotopic (exact) mass is 553 g/mol. The normalized spacial score (nSPS) is 10.5. The Kier molecular flexibility index (Phi) is 9.29. The minimum Gasteiger partial charge on any atom is -0.493 e. The molecule has 4 aromatic rings. The first-order valence-electron chi connectivity index (χ1n) is 12.3. The number of para-hydroxylation sites is 1. The lowest BCUT2D eigenvalue weighted by molar-refractivity contribution is 0.0733. The van der Waals surface area contributed by atoms with Crippen LogP contribution in [-0.4, -0.2) is 45.3 Å². The zero-order valence-corrected chi connectivity index (χ0v) is 22.5. The van der Waals surface area contributed by atoms with Gasteiger partial charge >= 0.3 is 5.97 Å². The van der Waals surface area contributed by atoms with Crippen LogP contribution in [0.25, 0.3) is 0 Å². The zero-order chi connectivity index (χ0) is 29.2. The van der Waals surface area contributed by atoms with Crippen LogP contribution in [0.5, 0.6) is 23.0 Å². The molecule has 0 saturated heterocycles. The number of hydrogen-bond donors (Lipinski definition) is 2. The summed E-state index contributed by atoms with van der Waals surface area (Å²) >= 11 is 0. The van der Waals surface area contributed by atoms with Crippen LogP contribution in [0.1, 0.15) is 36.6 Å². The number of amides is 2. The number of benzene rings is 4. The average Bonchev–Trinajstić information content (AvgIpc) is 3.01. The van der Waals surface area contributed by atoms with Gasteiger partial charge in [-0.1, -0.05) is 36.4 Å². The molecule has 0 radical (unpaired) electrons. The van der Waals surface area contributed by atoms with E-state index in [1.54, 1.807) is 72.8 Å². The van der Waals surface area contributed by atoms with Crippen LogP contribution in [0.2, 0.25) is 0 Å². The van der Waals surface area contributed by atoms with Crippen LogP contribution in [0, 0.1) is 0 Å². The summed E-state index contributed by atoms with van der Waals surface area (Å²) in [4.78, 5) is 38.1. The van der Waals surface area contributed by atoms with Crippen molar-refractivity contribution in [3.8, 4) is 23.0 Å². The lowest BCUT2D eigenvalue weighted by atomic mass is 10.1. The zero-order valence-electron chi connectivity index (χ0n) is 22.5. The van der Waals surface area contributed by atoms with Gasteiger partial charge in [0.05, 0.1) is 33.1 Å². The van der Waals surface area contributed by atoms with Gasteiger partial charge in [0.15, 0.2) is 11.5 Å². The second-order valence-electron chi connectivity index (χ2n) is 8.44. The Morgan fingerprint density at radius 1 is 0.659 bits per heavy atom. The molecule has 0 bridgehead atoms. The first kappa shape index (κ1) is 28.4. The molecule has 2 N–H and O–H groups in total. The van der Waals surface area contributed by atoms with Gasteiger partial charge in [0, 0.05) is 22.4 Å². The van der Waals surface area contributed by atoms with E-state index in [-0.39, 0.29) is 22.8 Å². The van der Waals surface area contributed by atoms with E-state index < -0.39 is 11.9 Å². The number of hydrazone groups is 1. The highest BCUT2D eigenvalue weighted by molar-refractivity contribution is 6.05. The molecule has 0 aliphatic heterocycles. The number of hydrogen-bond acceptors (Lipinski definition) is 8. The summed E-state index contributed by atoms with van der Waals surface area (Å²) in [5.41, 5.74) is 4.31. The fourth-order valence-electron chi connectivity index (χ4n) is 3.79. The summed E-state index contributed by atoms with van der Waals surface area (Å²) in [6.45, 7) is 0. The molecule has 0 aliphatic rings. The van der Waals surface area contributed by atoms with Crippen molar-refractivity contribution in [1.29, 1.82) is 0 Å². The Morgan fingerprint density at radius 2 is 1.32 bits per heavy atom. The molecule has 0 saturated carbocycles. The van der Waals surface area contributed by atoms with Gasteiger partial charge in [-0.25, -0.2) is 10.2 Å². The van der Waals surface area contributed by atoms with Crippen molar-refractivity contribution in [2.24, 2.45) is 5.10 Å². The lowest BCUT2D eigenvalue weighted by Crippen LogP contribution is -2.18. The predicted octanol–water partition coefficient (Wildman–Crippen LogP) is 4.95. The molecule has 0 heterocycles. The van der Waals surface area contributed by atoms with Gasteiger partial charge in [-0.2, -0.15) is 5.10 Å². The fraction of sp³-hybridized carbons (Fsp3) is 0.0968. The van der Waals surface area contributed by atoms with E-state index >= 15 is 0 Å². The second kappa shape index (κ2) is 13.4. The van der Waals surface area contributed by atoms with E-state index in [4.69, 9.17) is 18.9 Å². The summed E-state index contributed by atoms with van der Waals surface area (Å²) in [6, 6.07) is 24.9. The van der Waals surface area contributed by atoms with Gasteiger partial charge < -0.3 is 24.3 Å². The van der Waals surface area contributed by atoms with Crippen LogP contribution < -0.4 is 29.7 Å². The molecule has 0 aliphatic carbocycles. The number of nitrogens with zero attached hydrogens (tertiary/aromatic N) is 1. The van der Waals surface area contributed by atoms with Gasteiger partial charge in [-0.05, 0) is 54.6 Å². The maximum absolute atomic E-state index is 12.9. The number of rotatable bonds is 10. The maximum atomic E-state index is 12.9. The summed E-state index contributed by atoms with van der Waals surface area (Å²) in [5.74, 6) is -0.278. The standard InChI is InChI=1S/C31H27N3O7/c1-38-26-17-23(18-27(39-2)28(26)40-3)31(37)41-25-15-8-7-12-22(25)19-32-34-30(36)21-13-9-14-24(16-21)33-29(35)20-10-5-4-6-11-20/h4-19H,1-3H3,(H,33,35)(H,34,36). The van der Waals surface area contributed by atoms with Gasteiger partial charge in [-0.3, -0.25) is 9.59 Å². The lowest BCUT2D eigenvalue weighted by Gasteiger charge is -2.14. The van der Waals surface area contributed by atoms with Crippen molar-refractivity contribution >= 4 is 29.7 Å². The number of methoxy groups -OCH3 is 3. The minimum absolute atomic E-state index is 0.179. The van der Waals surface area contributed by atoms with Crippen molar-refractivity contribution in [1.82, 2.24) is 5.43 Å². The smallest absolute Gasteiger partial charge is 0.343 e. The number of anilines is 1. The first-order valence-corrected chi connectivity index (χ1v) is 12.3. The molecule has 10 nitrogen and oxygen atoms in total. The number of carbonyl (C=O) groups excluding carboxylic acids is 3. The van der Waals surface area contributed by atoms with Gasteiger partial charge in [0.1, 0.15) is 5.75 Å². The molecule has 2 amide bonds. The predicted molar refractivity (Wildman–Crippen MR) is 153 cm³/mol. The SMILES string of the molecule is COc1cc(C(=O)Oc2ccccc2C=NNC(=O)c2cccc(NC(=O)c3ccccc3)c2)cc(OC)c1OC. The molecule has 10 heteroatoms. The second-order valence-corrected chi connectivity index (χ2v) is 8.44.